The van der Waals surface area contributed by atoms with Crippen molar-refractivity contribution < 1.29 is 9.59 Å². The quantitative estimate of drug-likeness (QED) is 0.570. The molecule has 0 saturated heterocycles. The van der Waals surface area contributed by atoms with E-state index in [0.717, 1.165) is 0 Å². The molecule has 0 spiro atoms. The molecule has 0 saturated carbocycles. The van der Waals surface area contributed by atoms with Gasteiger partial charge >= 0.3 is 0 Å². The molecule has 1 aromatic rings. The SMILES string of the molecule is CN(C)C(=O)c1cc(N=C=O)ccc1Cl. The van der Waals surface area contributed by atoms with Crippen LogP contribution in [0.4, 0.5) is 5.69 Å². The third-order valence-electron chi connectivity index (χ3n) is 1.76. The zero-order valence-electron chi connectivity index (χ0n) is 8.32. The van der Waals surface area contributed by atoms with Crippen LogP contribution >= 0.6 is 11.6 Å². The minimum atomic E-state index is -0.233. The molecule has 1 rings (SSSR count). The van der Waals surface area contributed by atoms with Crippen LogP contribution in [-0.2, 0) is 4.79 Å². The fourth-order valence-corrected chi connectivity index (χ4v) is 1.24. The first-order valence-corrected chi connectivity index (χ1v) is 4.53. The maximum Gasteiger partial charge on any atom is 0.254 e. The van der Waals surface area contributed by atoms with Gasteiger partial charge in [-0.25, -0.2) is 4.79 Å². The van der Waals surface area contributed by atoms with Gasteiger partial charge in [-0.2, -0.15) is 4.99 Å². The maximum atomic E-state index is 11.6. The zero-order chi connectivity index (χ0) is 11.4. The summed E-state index contributed by atoms with van der Waals surface area (Å²) >= 11 is 5.85. The van der Waals surface area contributed by atoms with Gasteiger partial charge in [-0.3, -0.25) is 4.79 Å². The molecule has 0 heterocycles. The summed E-state index contributed by atoms with van der Waals surface area (Å²) in [6.07, 6.45) is 1.41. The molecule has 5 heteroatoms. The first kappa shape index (κ1) is 11.4. The van der Waals surface area contributed by atoms with E-state index in [-0.39, 0.29) is 5.91 Å². The number of amides is 1. The lowest BCUT2D eigenvalue weighted by Gasteiger charge is -2.11. The van der Waals surface area contributed by atoms with Crippen molar-refractivity contribution in [2.75, 3.05) is 14.1 Å². The Hall–Kier alpha value is -1.64. The van der Waals surface area contributed by atoms with Crippen LogP contribution in [0.1, 0.15) is 10.4 Å². The number of hydrogen-bond donors (Lipinski definition) is 0. The second-order valence-electron chi connectivity index (χ2n) is 3.07. The summed E-state index contributed by atoms with van der Waals surface area (Å²) in [7, 11) is 3.24. The summed E-state index contributed by atoms with van der Waals surface area (Å²) in [4.78, 5) is 26.5. The second-order valence-corrected chi connectivity index (χ2v) is 3.47. The molecule has 0 aliphatic heterocycles. The van der Waals surface area contributed by atoms with Crippen LogP contribution in [0, 0.1) is 0 Å². The predicted octanol–water partition coefficient (Wildman–Crippen LogP) is 2.01. The Bertz CT molecular complexity index is 437. The first-order valence-electron chi connectivity index (χ1n) is 4.15. The summed E-state index contributed by atoms with van der Waals surface area (Å²) in [5, 5.41) is 0.332. The van der Waals surface area contributed by atoms with E-state index in [1.165, 1.54) is 23.1 Å². The van der Waals surface area contributed by atoms with E-state index >= 15 is 0 Å². The number of aliphatic imine (C=N–C) groups is 1. The molecule has 0 aliphatic rings. The highest BCUT2D eigenvalue weighted by molar-refractivity contribution is 6.33. The zero-order valence-corrected chi connectivity index (χ0v) is 9.08. The number of carbonyl (C=O) groups excluding carboxylic acids is 2. The molecule has 0 bridgehead atoms. The van der Waals surface area contributed by atoms with Crippen molar-refractivity contribution in [3.63, 3.8) is 0 Å². The Morgan fingerprint density at radius 1 is 1.47 bits per heavy atom. The maximum absolute atomic E-state index is 11.6. The van der Waals surface area contributed by atoms with E-state index in [1.807, 2.05) is 0 Å². The molecule has 1 aromatic carbocycles. The van der Waals surface area contributed by atoms with Gasteiger partial charge in [0, 0.05) is 14.1 Å². The number of hydrogen-bond acceptors (Lipinski definition) is 3. The van der Waals surface area contributed by atoms with E-state index in [0.29, 0.717) is 16.3 Å². The van der Waals surface area contributed by atoms with Crippen molar-refractivity contribution >= 4 is 29.3 Å². The van der Waals surface area contributed by atoms with Gasteiger partial charge in [0.2, 0.25) is 6.08 Å². The highest BCUT2D eigenvalue weighted by Crippen LogP contribution is 2.22. The summed E-state index contributed by atoms with van der Waals surface area (Å²) < 4.78 is 0. The van der Waals surface area contributed by atoms with E-state index < -0.39 is 0 Å². The van der Waals surface area contributed by atoms with Crippen molar-refractivity contribution in [1.82, 2.24) is 4.90 Å². The van der Waals surface area contributed by atoms with Crippen LogP contribution in [0.25, 0.3) is 0 Å². The average molecular weight is 225 g/mol. The van der Waals surface area contributed by atoms with Gasteiger partial charge in [-0.1, -0.05) is 11.6 Å². The molecule has 1 amide bonds. The monoisotopic (exact) mass is 224 g/mol. The number of carbonyl (C=O) groups is 1. The minimum absolute atomic E-state index is 0.233. The molecule has 0 aromatic heterocycles. The van der Waals surface area contributed by atoms with Gasteiger partial charge in [0.05, 0.1) is 16.3 Å². The van der Waals surface area contributed by atoms with Gasteiger partial charge in [-0.15, -0.1) is 0 Å². The topological polar surface area (TPSA) is 49.7 Å². The molecule has 0 fully saturated rings. The summed E-state index contributed by atoms with van der Waals surface area (Å²) in [5.74, 6) is -0.233. The number of nitrogens with zero attached hydrogens (tertiary/aromatic N) is 2. The fourth-order valence-electron chi connectivity index (χ4n) is 1.04. The van der Waals surface area contributed by atoms with Crippen LogP contribution < -0.4 is 0 Å². The predicted molar refractivity (Wildman–Crippen MR) is 57.3 cm³/mol. The Balaban J connectivity index is 3.21. The first-order chi connectivity index (χ1) is 7.06. The highest BCUT2D eigenvalue weighted by atomic mass is 35.5. The third-order valence-corrected chi connectivity index (χ3v) is 2.09. The van der Waals surface area contributed by atoms with Crippen LogP contribution in [-0.4, -0.2) is 31.0 Å². The molecule has 0 radical (unpaired) electrons. The molecule has 4 nitrogen and oxygen atoms in total. The van der Waals surface area contributed by atoms with E-state index in [1.54, 1.807) is 20.2 Å². The number of halogens is 1. The van der Waals surface area contributed by atoms with Crippen molar-refractivity contribution in [1.29, 1.82) is 0 Å². The van der Waals surface area contributed by atoms with Gasteiger partial charge in [0.1, 0.15) is 0 Å². The standard InChI is InChI=1S/C10H9ClN2O2/c1-13(2)10(15)8-5-7(12-6-14)3-4-9(8)11/h3-5H,1-2H3. The normalized spacial score (nSPS) is 9.27. The van der Waals surface area contributed by atoms with Crippen molar-refractivity contribution in [3.8, 4) is 0 Å². The largest absolute Gasteiger partial charge is 0.345 e. The Labute approximate surface area is 92.2 Å². The molecular weight excluding hydrogens is 216 g/mol. The molecule has 78 valence electrons. The van der Waals surface area contributed by atoms with Crippen LogP contribution in [0.2, 0.25) is 5.02 Å². The van der Waals surface area contributed by atoms with Crippen LogP contribution in [0.3, 0.4) is 0 Å². The minimum Gasteiger partial charge on any atom is -0.345 e. The van der Waals surface area contributed by atoms with Gasteiger partial charge in [-0.05, 0) is 18.2 Å². The molecular formula is C10H9ClN2O2. The van der Waals surface area contributed by atoms with E-state index in [2.05, 4.69) is 4.99 Å². The van der Waals surface area contributed by atoms with Crippen molar-refractivity contribution in [3.05, 3.63) is 28.8 Å². The van der Waals surface area contributed by atoms with Gasteiger partial charge < -0.3 is 4.90 Å². The average Bonchev–Trinajstić information content (AvgIpc) is 2.20. The lowest BCUT2D eigenvalue weighted by molar-refractivity contribution is 0.0828. The fraction of sp³-hybridized carbons (Fsp3) is 0.200. The summed E-state index contributed by atoms with van der Waals surface area (Å²) in [5.41, 5.74) is 0.678. The number of isocyanates is 1. The Morgan fingerprint density at radius 2 is 2.13 bits per heavy atom. The molecule has 0 unspecified atom stereocenters. The van der Waals surface area contributed by atoms with Crippen LogP contribution in [0.15, 0.2) is 23.2 Å². The summed E-state index contributed by atoms with van der Waals surface area (Å²) in [6, 6.07) is 4.52. The van der Waals surface area contributed by atoms with Crippen molar-refractivity contribution in [2.45, 2.75) is 0 Å². The van der Waals surface area contributed by atoms with Crippen LogP contribution in [0.5, 0.6) is 0 Å². The Kier molecular flexibility index (Phi) is 3.61. The molecule has 0 N–H and O–H groups in total. The lowest BCUT2D eigenvalue weighted by Crippen LogP contribution is -2.21. The number of rotatable bonds is 2. The smallest absolute Gasteiger partial charge is 0.254 e. The number of benzene rings is 1. The van der Waals surface area contributed by atoms with E-state index in [9.17, 15) is 9.59 Å². The molecule has 15 heavy (non-hydrogen) atoms. The van der Waals surface area contributed by atoms with Gasteiger partial charge in [0.15, 0.2) is 0 Å². The van der Waals surface area contributed by atoms with E-state index in [4.69, 9.17) is 11.6 Å². The molecule has 0 aliphatic carbocycles. The third kappa shape index (κ3) is 2.65. The van der Waals surface area contributed by atoms with Crippen molar-refractivity contribution in [2.24, 2.45) is 4.99 Å². The lowest BCUT2D eigenvalue weighted by atomic mass is 10.2. The second kappa shape index (κ2) is 4.73. The Morgan fingerprint density at radius 3 is 2.67 bits per heavy atom. The summed E-state index contributed by atoms with van der Waals surface area (Å²) in [6.45, 7) is 0. The highest BCUT2D eigenvalue weighted by Gasteiger charge is 2.12. The van der Waals surface area contributed by atoms with Gasteiger partial charge in [0.25, 0.3) is 5.91 Å². The molecule has 0 atom stereocenters.